The maximum atomic E-state index is 8.88. The minimum atomic E-state index is -4.64. The molecule has 8 nitrogen and oxygen atoms in total. The van der Waals surface area contributed by atoms with Crippen LogP contribution in [0.4, 0.5) is 0 Å². The standard InChI is InChI=1S/C5H10Br2O2.CH2N2.H3O4P/c1-5(2,3-8)4(6)9-7;2-1-3;1-5(2,3)4/h4,8H,3H2,1-2H3;2H2;(H3,1,2,3,4). The van der Waals surface area contributed by atoms with Crippen LogP contribution in [-0.2, 0) is 8.39 Å². The molecule has 11 heteroatoms. The van der Waals surface area contributed by atoms with Crippen LogP contribution in [0.15, 0.2) is 0 Å². The summed E-state index contributed by atoms with van der Waals surface area (Å²) in [6.07, 6.45) is 1.25. The number of nitrogens with two attached hydrogens (primary N) is 1. The maximum absolute atomic E-state index is 8.88. The van der Waals surface area contributed by atoms with Gasteiger partial charge in [0.1, 0.15) is 5.01 Å². The van der Waals surface area contributed by atoms with Gasteiger partial charge < -0.3 is 25.5 Å². The van der Waals surface area contributed by atoms with Crippen LogP contribution in [0.25, 0.3) is 0 Å². The van der Waals surface area contributed by atoms with Gasteiger partial charge in [0.05, 0.1) is 22.9 Å². The van der Waals surface area contributed by atoms with E-state index in [4.69, 9.17) is 33.4 Å². The molecule has 1 atom stereocenters. The van der Waals surface area contributed by atoms with Crippen molar-refractivity contribution in [3.05, 3.63) is 0 Å². The van der Waals surface area contributed by atoms with Gasteiger partial charge in [0, 0.05) is 5.41 Å². The second-order valence-electron chi connectivity index (χ2n) is 3.19. The molecule has 0 aliphatic rings. The number of alkyl halides is 1. The first-order valence-electron chi connectivity index (χ1n) is 3.86. The fourth-order valence-electron chi connectivity index (χ4n) is 0.192. The Labute approximate surface area is 116 Å². The van der Waals surface area contributed by atoms with E-state index in [2.05, 4.69) is 37.9 Å². The molecule has 0 heterocycles. The van der Waals surface area contributed by atoms with E-state index in [0.717, 1.165) is 0 Å². The number of aliphatic hydroxyl groups is 1. The quantitative estimate of drug-likeness (QED) is 0.198. The second-order valence-corrected chi connectivity index (χ2v) is 5.43. The largest absolute Gasteiger partial charge is 0.466 e. The molecule has 0 rings (SSSR count). The smallest absolute Gasteiger partial charge is 0.396 e. The first-order chi connectivity index (χ1) is 7.46. The Morgan fingerprint density at radius 3 is 1.82 bits per heavy atom. The zero-order chi connectivity index (χ0) is 14.7. The average Bonchev–Trinajstić information content (AvgIpc) is 2.15. The van der Waals surface area contributed by atoms with Gasteiger partial charge in [0.15, 0.2) is 6.19 Å². The Morgan fingerprint density at radius 2 is 1.76 bits per heavy atom. The van der Waals surface area contributed by atoms with Crippen molar-refractivity contribution in [1.82, 2.24) is 0 Å². The number of rotatable bonds is 3. The van der Waals surface area contributed by atoms with E-state index in [0.29, 0.717) is 0 Å². The van der Waals surface area contributed by atoms with Crippen LogP contribution in [0, 0.1) is 16.9 Å². The van der Waals surface area contributed by atoms with E-state index in [1.807, 2.05) is 13.8 Å². The van der Waals surface area contributed by atoms with Crippen molar-refractivity contribution < 1.29 is 28.2 Å². The summed E-state index contributed by atoms with van der Waals surface area (Å²) in [5.74, 6) is 0. The number of aliphatic hydroxyl groups excluding tert-OH is 1. The molecule has 104 valence electrons. The van der Waals surface area contributed by atoms with Crippen molar-refractivity contribution in [2.24, 2.45) is 11.1 Å². The lowest BCUT2D eigenvalue weighted by Gasteiger charge is -2.24. The van der Waals surface area contributed by atoms with Gasteiger partial charge in [-0.1, -0.05) is 29.8 Å². The van der Waals surface area contributed by atoms with Gasteiger partial charge in [-0.15, -0.1) is 0 Å². The van der Waals surface area contributed by atoms with E-state index in [1.54, 1.807) is 0 Å². The number of phosphoric acid groups is 1. The zero-order valence-corrected chi connectivity index (χ0v) is 13.2. The summed E-state index contributed by atoms with van der Waals surface area (Å²) in [6.45, 7) is 3.88. The maximum Gasteiger partial charge on any atom is 0.466 e. The highest BCUT2D eigenvalue weighted by molar-refractivity contribution is 9.10. The van der Waals surface area contributed by atoms with Crippen LogP contribution < -0.4 is 5.73 Å². The molecule has 0 radical (unpaired) electrons. The molecular formula is C6H15Br2N2O6P. The van der Waals surface area contributed by atoms with Gasteiger partial charge in [-0.2, -0.15) is 5.26 Å². The van der Waals surface area contributed by atoms with E-state index in [9.17, 15) is 0 Å². The molecule has 0 aromatic carbocycles. The third kappa shape index (κ3) is 26.1. The Hall–Kier alpha value is 0.280. The lowest BCUT2D eigenvalue weighted by Crippen LogP contribution is -2.28. The molecule has 17 heavy (non-hydrogen) atoms. The monoisotopic (exact) mass is 400 g/mol. The lowest BCUT2D eigenvalue weighted by atomic mass is 9.97. The summed E-state index contributed by atoms with van der Waals surface area (Å²) in [6, 6.07) is 0. The van der Waals surface area contributed by atoms with Gasteiger partial charge >= 0.3 is 7.82 Å². The van der Waals surface area contributed by atoms with Gasteiger partial charge in [-0.05, 0) is 0 Å². The first-order valence-corrected chi connectivity index (χ1v) is 6.99. The van der Waals surface area contributed by atoms with Gasteiger partial charge in [-0.3, -0.25) is 3.83 Å². The van der Waals surface area contributed by atoms with Crippen LogP contribution in [0.5, 0.6) is 0 Å². The number of nitriles is 1. The van der Waals surface area contributed by atoms with Crippen molar-refractivity contribution in [1.29, 1.82) is 5.26 Å². The molecule has 0 amide bonds. The lowest BCUT2D eigenvalue weighted by molar-refractivity contribution is 0.0973. The minimum Gasteiger partial charge on any atom is -0.396 e. The van der Waals surface area contributed by atoms with Crippen LogP contribution in [0.2, 0.25) is 0 Å². The van der Waals surface area contributed by atoms with Crippen LogP contribution in [-0.4, -0.2) is 31.4 Å². The van der Waals surface area contributed by atoms with Crippen LogP contribution >= 0.6 is 40.0 Å². The summed E-state index contributed by atoms with van der Waals surface area (Å²) in [5, 5.41) is 15.7. The summed E-state index contributed by atoms with van der Waals surface area (Å²) in [4.78, 5) is 21.6. The molecule has 0 spiro atoms. The molecule has 1 unspecified atom stereocenters. The van der Waals surface area contributed by atoms with Crippen molar-refractivity contribution in [3.63, 3.8) is 0 Å². The summed E-state index contributed by atoms with van der Waals surface area (Å²) < 4.78 is 13.7. The Balaban J connectivity index is -0.000000207. The molecule has 0 saturated carbocycles. The topological polar surface area (TPSA) is 157 Å². The molecular weight excluding hydrogens is 387 g/mol. The predicted molar refractivity (Wildman–Crippen MR) is 67.7 cm³/mol. The Bertz CT molecular complexity index is 257. The number of nitrogens with zero attached hydrogens (tertiary/aromatic N) is 1. The molecule has 0 aliphatic carbocycles. The SMILES string of the molecule is CC(C)(CO)C(Br)OBr.N#CN.O=P(O)(O)O. The van der Waals surface area contributed by atoms with Crippen molar-refractivity contribution >= 4 is 40.0 Å². The van der Waals surface area contributed by atoms with Crippen LogP contribution in [0.1, 0.15) is 13.8 Å². The third-order valence-corrected chi connectivity index (χ3v) is 3.40. The fourth-order valence-corrected chi connectivity index (χ4v) is 0.843. The van der Waals surface area contributed by atoms with E-state index >= 15 is 0 Å². The van der Waals surface area contributed by atoms with Crippen molar-refractivity contribution in [3.8, 4) is 6.19 Å². The molecule has 0 saturated heterocycles. The van der Waals surface area contributed by atoms with Gasteiger partial charge in [-0.25, -0.2) is 4.57 Å². The first kappa shape index (κ1) is 22.5. The summed E-state index contributed by atoms with van der Waals surface area (Å²) >= 11 is 6.06. The van der Waals surface area contributed by atoms with Gasteiger partial charge in [0.25, 0.3) is 0 Å². The minimum absolute atomic E-state index is 0.0918. The number of hydrogen-bond acceptors (Lipinski definition) is 5. The van der Waals surface area contributed by atoms with Crippen molar-refractivity contribution in [2.45, 2.75) is 18.9 Å². The number of hydrogen-bond donors (Lipinski definition) is 5. The molecule has 0 aromatic rings. The fraction of sp³-hybridized carbons (Fsp3) is 0.833. The highest BCUT2D eigenvalue weighted by atomic mass is 79.9. The summed E-state index contributed by atoms with van der Waals surface area (Å²) in [7, 11) is -4.64. The molecule has 0 fully saturated rings. The van der Waals surface area contributed by atoms with E-state index in [1.165, 1.54) is 6.19 Å². The molecule has 6 N–H and O–H groups in total. The average molecular weight is 402 g/mol. The molecule has 0 aliphatic heterocycles. The molecule has 0 bridgehead atoms. The second kappa shape index (κ2) is 11.4. The van der Waals surface area contributed by atoms with E-state index < -0.39 is 7.82 Å². The van der Waals surface area contributed by atoms with Crippen LogP contribution in [0.3, 0.4) is 0 Å². The number of halogens is 2. The third-order valence-electron chi connectivity index (χ3n) is 1.10. The van der Waals surface area contributed by atoms with E-state index in [-0.39, 0.29) is 17.0 Å². The van der Waals surface area contributed by atoms with Crippen molar-refractivity contribution in [2.75, 3.05) is 6.61 Å². The summed E-state index contributed by atoms with van der Waals surface area (Å²) in [5.41, 5.74) is 3.91. The predicted octanol–water partition coefficient (Wildman–Crippen LogP) is 0.550. The highest BCUT2D eigenvalue weighted by Crippen LogP contribution is 2.28. The Kier molecular flexibility index (Phi) is 15.0. The molecule has 0 aromatic heterocycles. The van der Waals surface area contributed by atoms with Gasteiger partial charge in [0.2, 0.25) is 0 Å². The normalized spacial score (nSPS) is 12.2. The Morgan fingerprint density at radius 1 is 1.53 bits per heavy atom. The highest BCUT2D eigenvalue weighted by Gasteiger charge is 2.26. The zero-order valence-electron chi connectivity index (χ0n) is 9.12.